The Labute approximate surface area is 126 Å². The zero-order valence-corrected chi connectivity index (χ0v) is 13.2. The van der Waals surface area contributed by atoms with Gasteiger partial charge in [0, 0.05) is 18.2 Å². The van der Waals surface area contributed by atoms with Crippen LogP contribution in [0.1, 0.15) is 32.3 Å². The molecule has 0 spiro atoms. The Kier molecular flexibility index (Phi) is 4.52. The molecule has 0 radical (unpaired) electrons. The van der Waals surface area contributed by atoms with Crippen molar-refractivity contribution in [1.29, 1.82) is 0 Å². The molecule has 3 N–H and O–H groups in total. The highest BCUT2D eigenvalue weighted by Crippen LogP contribution is 2.36. The molecule has 0 aliphatic heterocycles. The van der Waals surface area contributed by atoms with Crippen LogP contribution in [0.4, 0.5) is 10.1 Å². The van der Waals surface area contributed by atoms with Gasteiger partial charge in [-0.3, -0.25) is 0 Å². The second-order valence-electron chi connectivity index (χ2n) is 5.52. The topological polar surface area (TPSA) is 61.8 Å². The number of hydrogen-bond acceptors (Lipinski definition) is 3. The van der Waals surface area contributed by atoms with Crippen LogP contribution in [0.25, 0.3) is 0 Å². The molecular weight excluding hydrogens is 325 g/mol. The molecule has 110 valence electrons. The lowest BCUT2D eigenvalue weighted by Gasteiger charge is -2.27. The SMILES string of the molecule is CC(C)CN(c1ccc(/C(N)=N/O)c(Br)c1F)C1CC1. The van der Waals surface area contributed by atoms with Crippen molar-refractivity contribution in [2.45, 2.75) is 32.7 Å². The Morgan fingerprint density at radius 2 is 2.20 bits per heavy atom. The lowest BCUT2D eigenvalue weighted by Crippen LogP contribution is -2.31. The van der Waals surface area contributed by atoms with Crippen molar-refractivity contribution in [3.63, 3.8) is 0 Å². The quantitative estimate of drug-likeness (QED) is 0.373. The van der Waals surface area contributed by atoms with Gasteiger partial charge in [-0.05, 0) is 46.8 Å². The van der Waals surface area contributed by atoms with Crippen LogP contribution in [0, 0.1) is 11.7 Å². The molecule has 1 fully saturated rings. The van der Waals surface area contributed by atoms with Crippen molar-refractivity contribution in [3.8, 4) is 0 Å². The molecule has 0 amide bonds. The molecule has 1 aromatic rings. The van der Waals surface area contributed by atoms with E-state index in [1.165, 1.54) is 0 Å². The highest BCUT2D eigenvalue weighted by molar-refractivity contribution is 9.10. The summed E-state index contributed by atoms with van der Waals surface area (Å²) in [5, 5.41) is 11.6. The number of nitrogens with zero attached hydrogens (tertiary/aromatic N) is 2. The summed E-state index contributed by atoms with van der Waals surface area (Å²) in [6.45, 7) is 5.05. The Bertz CT molecular complexity index is 529. The first-order valence-corrected chi connectivity index (χ1v) is 7.47. The molecule has 1 aromatic carbocycles. The number of oxime groups is 1. The molecule has 6 heteroatoms. The summed E-state index contributed by atoms with van der Waals surface area (Å²) in [5.41, 5.74) is 6.46. The molecular formula is C14H19BrFN3O. The molecule has 0 aromatic heterocycles. The van der Waals surface area contributed by atoms with E-state index in [1.807, 2.05) is 0 Å². The summed E-state index contributed by atoms with van der Waals surface area (Å²) in [6, 6.07) is 3.80. The summed E-state index contributed by atoms with van der Waals surface area (Å²) in [4.78, 5) is 2.11. The van der Waals surface area contributed by atoms with Gasteiger partial charge in [0.15, 0.2) is 11.7 Å². The Morgan fingerprint density at radius 1 is 1.55 bits per heavy atom. The minimum Gasteiger partial charge on any atom is -0.409 e. The average molecular weight is 344 g/mol. The molecule has 1 saturated carbocycles. The van der Waals surface area contributed by atoms with Gasteiger partial charge in [0.25, 0.3) is 0 Å². The van der Waals surface area contributed by atoms with Gasteiger partial charge in [-0.2, -0.15) is 0 Å². The zero-order chi connectivity index (χ0) is 14.9. The first-order valence-electron chi connectivity index (χ1n) is 6.68. The third-order valence-electron chi connectivity index (χ3n) is 3.30. The van der Waals surface area contributed by atoms with E-state index in [2.05, 4.69) is 39.8 Å². The van der Waals surface area contributed by atoms with E-state index >= 15 is 0 Å². The maximum Gasteiger partial charge on any atom is 0.171 e. The van der Waals surface area contributed by atoms with Gasteiger partial charge >= 0.3 is 0 Å². The third-order valence-corrected chi connectivity index (χ3v) is 4.08. The van der Waals surface area contributed by atoms with E-state index < -0.39 is 0 Å². The van der Waals surface area contributed by atoms with Crippen LogP contribution >= 0.6 is 15.9 Å². The van der Waals surface area contributed by atoms with Crippen LogP contribution in [-0.4, -0.2) is 23.6 Å². The predicted molar refractivity (Wildman–Crippen MR) is 81.8 cm³/mol. The fourth-order valence-corrected chi connectivity index (χ4v) is 2.77. The van der Waals surface area contributed by atoms with E-state index in [0.717, 1.165) is 19.4 Å². The van der Waals surface area contributed by atoms with Crippen LogP contribution in [0.15, 0.2) is 21.8 Å². The summed E-state index contributed by atoms with van der Waals surface area (Å²) in [6.07, 6.45) is 2.21. The lowest BCUT2D eigenvalue weighted by molar-refractivity contribution is 0.318. The van der Waals surface area contributed by atoms with Gasteiger partial charge in [-0.15, -0.1) is 0 Å². The molecule has 4 nitrogen and oxygen atoms in total. The van der Waals surface area contributed by atoms with Crippen molar-refractivity contribution in [3.05, 3.63) is 28.0 Å². The summed E-state index contributed by atoms with van der Waals surface area (Å²) in [7, 11) is 0. The van der Waals surface area contributed by atoms with Crippen molar-refractivity contribution in [2.24, 2.45) is 16.8 Å². The lowest BCUT2D eigenvalue weighted by atomic mass is 10.1. The standard InChI is InChI=1S/C14H19BrFN3O/c1-8(2)7-19(9-3-4-9)11-6-5-10(14(17)18-20)12(15)13(11)16/h5-6,8-9,20H,3-4,7H2,1-2H3,(H2,17,18). The smallest absolute Gasteiger partial charge is 0.171 e. The van der Waals surface area contributed by atoms with Gasteiger partial charge in [0.05, 0.1) is 10.2 Å². The summed E-state index contributed by atoms with van der Waals surface area (Å²) in [5.74, 6) is -0.0108. The van der Waals surface area contributed by atoms with Crippen LogP contribution in [0.2, 0.25) is 0 Å². The maximum atomic E-state index is 14.6. The number of benzene rings is 1. The van der Waals surface area contributed by atoms with Crippen molar-refractivity contribution >= 4 is 27.5 Å². The molecule has 0 saturated heterocycles. The normalized spacial score (nSPS) is 15.8. The fraction of sp³-hybridized carbons (Fsp3) is 0.500. The number of rotatable bonds is 5. The number of halogens is 2. The Hall–Kier alpha value is -1.30. The Morgan fingerprint density at radius 3 is 2.70 bits per heavy atom. The molecule has 20 heavy (non-hydrogen) atoms. The molecule has 1 aliphatic rings. The van der Waals surface area contributed by atoms with E-state index in [4.69, 9.17) is 10.9 Å². The van der Waals surface area contributed by atoms with Gasteiger partial charge in [0.1, 0.15) is 0 Å². The van der Waals surface area contributed by atoms with Gasteiger partial charge in [-0.25, -0.2) is 4.39 Å². The number of amidine groups is 1. The van der Waals surface area contributed by atoms with E-state index in [0.29, 0.717) is 23.2 Å². The first kappa shape index (κ1) is 15.1. The minimum absolute atomic E-state index is 0.107. The molecule has 0 atom stereocenters. The van der Waals surface area contributed by atoms with Crippen molar-refractivity contribution in [1.82, 2.24) is 0 Å². The molecule has 0 heterocycles. The minimum atomic E-state index is -0.360. The molecule has 2 rings (SSSR count). The molecule has 0 bridgehead atoms. The third kappa shape index (κ3) is 3.06. The van der Waals surface area contributed by atoms with Crippen LogP contribution < -0.4 is 10.6 Å². The monoisotopic (exact) mass is 343 g/mol. The van der Waals surface area contributed by atoms with E-state index in [9.17, 15) is 4.39 Å². The Balaban J connectivity index is 2.39. The molecule has 1 aliphatic carbocycles. The summed E-state index contributed by atoms with van der Waals surface area (Å²) < 4.78 is 14.8. The van der Waals surface area contributed by atoms with Crippen LogP contribution in [-0.2, 0) is 0 Å². The predicted octanol–water partition coefficient (Wildman–Crippen LogP) is 3.31. The van der Waals surface area contributed by atoms with Crippen molar-refractivity contribution in [2.75, 3.05) is 11.4 Å². The zero-order valence-electron chi connectivity index (χ0n) is 11.6. The largest absolute Gasteiger partial charge is 0.409 e. The van der Waals surface area contributed by atoms with Gasteiger partial charge in [-0.1, -0.05) is 19.0 Å². The number of anilines is 1. The van der Waals surface area contributed by atoms with E-state index in [1.54, 1.807) is 12.1 Å². The second kappa shape index (κ2) is 5.99. The average Bonchev–Trinajstić information content (AvgIpc) is 3.23. The number of hydrogen-bond donors (Lipinski definition) is 2. The molecule has 0 unspecified atom stereocenters. The van der Waals surface area contributed by atoms with E-state index in [-0.39, 0.29) is 16.1 Å². The first-order chi connectivity index (χ1) is 9.45. The maximum absolute atomic E-state index is 14.6. The van der Waals surface area contributed by atoms with Crippen molar-refractivity contribution < 1.29 is 9.60 Å². The second-order valence-corrected chi connectivity index (χ2v) is 6.32. The highest BCUT2D eigenvalue weighted by atomic mass is 79.9. The van der Waals surface area contributed by atoms with Gasteiger partial charge in [0.2, 0.25) is 0 Å². The highest BCUT2D eigenvalue weighted by Gasteiger charge is 2.32. The van der Waals surface area contributed by atoms with Gasteiger partial charge < -0.3 is 15.8 Å². The number of nitrogens with two attached hydrogens (primary N) is 1. The fourth-order valence-electron chi connectivity index (χ4n) is 2.24. The summed E-state index contributed by atoms with van der Waals surface area (Å²) >= 11 is 3.20. The van der Waals surface area contributed by atoms with Crippen LogP contribution in [0.5, 0.6) is 0 Å². The van der Waals surface area contributed by atoms with Crippen LogP contribution in [0.3, 0.4) is 0 Å².